The van der Waals surface area contributed by atoms with Crippen LogP contribution in [-0.2, 0) is 11.3 Å². The fourth-order valence-corrected chi connectivity index (χ4v) is 1.93. The zero-order valence-electron chi connectivity index (χ0n) is 11.0. The highest BCUT2D eigenvalue weighted by molar-refractivity contribution is 5.92. The minimum Gasteiger partial charge on any atom is -0.383 e. The Morgan fingerprint density at radius 2 is 2.16 bits per heavy atom. The molecule has 1 aliphatic rings. The maximum absolute atomic E-state index is 12.2. The van der Waals surface area contributed by atoms with Crippen LogP contribution in [0.5, 0.6) is 0 Å². The zero-order valence-corrected chi connectivity index (χ0v) is 11.0. The second-order valence-corrected chi connectivity index (χ2v) is 4.31. The lowest BCUT2D eigenvalue weighted by atomic mass is 10.3. The Hall–Kier alpha value is -1.73. The van der Waals surface area contributed by atoms with E-state index >= 15 is 0 Å². The molecule has 19 heavy (non-hydrogen) atoms. The van der Waals surface area contributed by atoms with Crippen molar-refractivity contribution in [2.24, 2.45) is 0 Å². The summed E-state index contributed by atoms with van der Waals surface area (Å²) in [4.78, 5) is 25.6. The van der Waals surface area contributed by atoms with Gasteiger partial charge in [-0.15, -0.1) is 0 Å². The molecule has 1 aliphatic heterocycles. The quantitative estimate of drug-likeness (QED) is 0.751. The van der Waals surface area contributed by atoms with Gasteiger partial charge in [-0.25, -0.2) is 4.68 Å². The summed E-state index contributed by atoms with van der Waals surface area (Å²) in [5.41, 5.74) is 0.0755. The van der Waals surface area contributed by atoms with Crippen LogP contribution in [0, 0.1) is 0 Å². The standard InChI is InChI=1S/C12H18N4O3/c1-19-9-8-16-11(17)3-2-10(14-16)12(18)15-6-4-13-5-7-15/h2-3,13H,4-9H2,1H3. The van der Waals surface area contributed by atoms with Gasteiger partial charge in [-0.1, -0.05) is 0 Å². The van der Waals surface area contributed by atoms with E-state index < -0.39 is 0 Å². The van der Waals surface area contributed by atoms with Gasteiger partial charge in [0.2, 0.25) is 0 Å². The van der Waals surface area contributed by atoms with Gasteiger partial charge < -0.3 is 15.0 Å². The van der Waals surface area contributed by atoms with Crippen molar-refractivity contribution in [2.75, 3.05) is 39.9 Å². The van der Waals surface area contributed by atoms with Gasteiger partial charge in [0.15, 0.2) is 0 Å². The van der Waals surface area contributed by atoms with Crippen LogP contribution in [0.3, 0.4) is 0 Å². The second-order valence-electron chi connectivity index (χ2n) is 4.31. The molecule has 7 nitrogen and oxygen atoms in total. The zero-order chi connectivity index (χ0) is 13.7. The van der Waals surface area contributed by atoms with Crippen molar-refractivity contribution in [2.45, 2.75) is 6.54 Å². The number of carbonyl (C=O) groups is 1. The third-order valence-corrected chi connectivity index (χ3v) is 3.00. The van der Waals surface area contributed by atoms with Gasteiger partial charge in [-0.05, 0) is 6.07 Å². The molecule has 1 amide bonds. The molecule has 1 saturated heterocycles. The first-order valence-corrected chi connectivity index (χ1v) is 6.29. The maximum Gasteiger partial charge on any atom is 0.274 e. The van der Waals surface area contributed by atoms with E-state index in [1.807, 2.05) is 0 Å². The first-order chi connectivity index (χ1) is 9.22. The van der Waals surface area contributed by atoms with Crippen molar-refractivity contribution >= 4 is 5.91 Å². The summed E-state index contributed by atoms with van der Waals surface area (Å²) in [6, 6.07) is 2.86. The first kappa shape index (κ1) is 13.7. The van der Waals surface area contributed by atoms with Crippen LogP contribution in [0.1, 0.15) is 10.5 Å². The summed E-state index contributed by atoms with van der Waals surface area (Å²) in [6.07, 6.45) is 0. The number of amides is 1. The lowest BCUT2D eigenvalue weighted by Gasteiger charge is -2.27. The Kier molecular flexibility index (Phi) is 4.64. The predicted octanol–water partition coefficient (Wildman–Crippen LogP) is -1.06. The number of rotatable bonds is 4. The van der Waals surface area contributed by atoms with Gasteiger partial charge in [-0.3, -0.25) is 9.59 Å². The van der Waals surface area contributed by atoms with E-state index in [1.165, 1.54) is 16.8 Å². The minimum absolute atomic E-state index is 0.132. The fraction of sp³-hybridized carbons (Fsp3) is 0.583. The molecular formula is C12H18N4O3. The topological polar surface area (TPSA) is 76.5 Å². The summed E-state index contributed by atoms with van der Waals surface area (Å²) in [6.45, 7) is 3.63. The number of aromatic nitrogens is 2. The van der Waals surface area contributed by atoms with Crippen molar-refractivity contribution in [3.63, 3.8) is 0 Å². The maximum atomic E-state index is 12.2. The van der Waals surface area contributed by atoms with E-state index in [2.05, 4.69) is 10.4 Å². The van der Waals surface area contributed by atoms with Crippen LogP contribution in [0.15, 0.2) is 16.9 Å². The molecule has 0 aromatic carbocycles. The number of nitrogens with zero attached hydrogens (tertiary/aromatic N) is 3. The number of carbonyl (C=O) groups excluding carboxylic acids is 1. The summed E-state index contributed by atoms with van der Waals surface area (Å²) >= 11 is 0. The molecule has 0 bridgehead atoms. The average molecular weight is 266 g/mol. The summed E-state index contributed by atoms with van der Waals surface area (Å²) in [7, 11) is 1.56. The Bertz CT molecular complexity index is 494. The number of ether oxygens (including phenoxy) is 1. The summed E-state index contributed by atoms with van der Waals surface area (Å²) in [5, 5.41) is 7.28. The molecule has 1 fully saturated rings. The van der Waals surface area contributed by atoms with Crippen LogP contribution in [-0.4, -0.2) is 60.5 Å². The summed E-state index contributed by atoms with van der Waals surface area (Å²) in [5.74, 6) is -0.132. The smallest absolute Gasteiger partial charge is 0.274 e. The third-order valence-electron chi connectivity index (χ3n) is 3.00. The van der Waals surface area contributed by atoms with Gasteiger partial charge >= 0.3 is 0 Å². The minimum atomic E-state index is -0.228. The largest absolute Gasteiger partial charge is 0.383 e. The number of piperazine rings is 1. The molecule has 104 valence electrons. The number of methoxy groups -OCH3 is 1. The van der Waals surface area contributed by atoms with Crippen molar-refractivity contribution in [1.82, 2.24) is 20.0 Å². The lowest BCUT2D eigenvalue weighted by molar-refractivity contribution is 0.0726. The van der Waals surface area contributed by atoms with Crippen molar-refractivity contribution in [3.05, 3.63) is 28.2 Å². The van der Waals surface area contributed by atoms with E-state index in [0.717, 1.165) is 13.1 Å². The predicted molar refractivity (Wildman–Crippen MR) is 69.1 cm³/mol. The molecule has 0 spiro atoms. The molecule has 0 unspecified atom stereocenters. The molecule has 0 aliphatic carbocycles. The third kappa shape index (κ3) is 3.39. The van der Waals surface area contributed by atoms with Gasteiger partial charge in [-0.2, -0.15) is 5.10 Å². The van der Waals surface area contributed by atoms with Gasteiger partial charge in [0.25, 0.3) is 11.5 Å². The van der Waals surface area contributed by atoms with Gasteiger partial charge in [0, 0.05) is 39.4 Å². The van der Waals surface area contributed by atoms with Crippen LogP contribution in [0.4, 0.5) is 0 Å². The average Bonchev–Trinajstić information content (AvgIpc) is 2.46. The normalized spacial score (nSPS) is 15.5. The molecule has 1 N–H and O–H groups in total. The lowest BCUT2D eigenvalue weighted by Crippen LogP contribution is -2.47. The molecule has 0 atom stereocenters. The van der Waals surface area contributed by atoms with Crippen molar-refractivity contribution in [3.8, 4) is 0 Å². The number of nitrogens with one attached hydrogen (secondary N) is 1. The molecule has 1 aromatic rings. The fourth-order valence-electron chi connectivity index (χ4n) is 1.93. The molecule has 0 saturated carbocycles. The molecule has 7 heteroatoms. The molecule has 0 radical (unpaired) electrons. The van der Waals surface area contributed by atoms with E-state index in [1.54, 1.807) is 12.0 Å². The van der Waals surface area contributed by atoms with Crippen molar-refractivity contribution in [1.29, 1.82) is 0 Å². The molecular weight excluding hydrogens is 248 g/mol. The van der Waals surface area contributed by atoms with Crippen LogP contribution in [0.2, 0.25) is 0 Å². The molecule has 2 rings (SSSR count). The van der Waals surface area contributed by atoms with Crippen LogP contribution >= 0.6 is 0 Å². The van der Waals surface area contributed by atoms with E-state index in [0.29, 0.717) is 31.9 Å². The second kappa shape index (κ2) is 6.44. The number of hydrogen-bond acceptors (Lipinski definition) is 5. The Labute approximate surface area is 111 Å². The Morgan fingerprint density at radius 3 is 2.84 bits per heavy atom. The monoisotopic (exact) mass is 266 g/mol. The highest BCUT2D eigenvalue weighted by Gasteiger charge is 2.19. The molecule has 2 heterocycles. The highest BCUT2D eigenvalue weighted by Crippen LogP contribution is 2.01. The van der Waals surface area contributed by atoms with E-state index in [4.69, 9.17) is 4.74 Å². The molecule has 1 aromatic heterocycles. The number of hydrogen-bond donors (Lipinski definition) is 1. The van der Waals surface area contributed by atoms with Crippen LogP contribution < -0.4 is 10.9 Å². The van der Waals surface area contributed by atoms with Crippen LogP contribution in [0.25, 0.3) is 0 Å². The Morgan fingerprint density at radius 1 is 1.42 bits per heavy atom. The van der Waals surface area contributed by atoms with Gasteiger partial charge in [0.05, 0.1) is 13.2 Å². The van der Waals surface area contributed by atoms with E-state index in [-0.39, 0.29) is 11.5 Å². The highest BCUT2D eigenvalue weighted by atomic mass is 16.5. The summed E-state index contributed by atoms with van der Waals surface area (Å²) < 4.78 is 6.18. The van der Waals surface area contributed by atoms with Crippen molar-refractivity contribution < 1.29 is 9.53 Å². The van der Waals surface area contributed by atoms with Gasteiger partial charge in [0.1, 0.15) is 5.69 Å². The van der Waals surface area contributed by atoms with E-state index in [9.17, 15) is 9.59 Å². The first-order valence-electron chi connectivity index (χ1n) is 6.29. The Balaban J connectivity index is 2.14. The SMILES string of the molecule is COCCn1nc(C(=O)N2CCNCC2)ccc1=O.